The van der Waals surface area contributed by atoms with Gasteiger partial charge in [0.05, 0.1) is 12.7 Å². The summed E-state index contributed by atoms with van der Waals surface area (Å²) >= 11 is 0. The highest BCUT2D eigenvalue weighted by Gasteiger charge is 2.29. The first-order valence-electron chi connectivity index (χ1n) is 4.65. The lowest BCUT2D eigenvalue weighted by Crippen LogP contribution is -2.35. The minimum atomic E-state index is -1.07. The van der Waals surface area contributed by atoms with E-state index >= 15 is 0 Å². The zero-order valence-corrected chi connectivity index (χ0v) is 9.53. The van der Waals surface area contributed by atoms with Gasteiger partial charge in [0.15, 0.2) is 6.10 Å². The maximum Gasteiger partial charge on any atom is 0.334 e. The summed E-state index contributed by atoms with van der Waals surface area (Å²) in [5, 5.41) is 9.51. The van der Waals surface area contributed by atoms with Crippen LogP contribution in [-0.2, 0) is 14.3 Å². The fraction of sp³-hybridized carbons (Fsp3) is 0.900. The third kappa shape index (κ3) is 4.07. The van der Waals surface area contributed by atoms with Crippen molar-refractivity contribution in [1.82, 2.24) is 0 Å². The summed E-state index contributed by atoms with van der Waals surface area (Å²) in [6, 6.07) is 0. The lowest BCUT2D eigenvalue weighted by molar-refractivity contribution is -0.154. The molecule has 0 radical (unpaired) electrons. The number of aliphatic hydroxyl groups excluding tert-OH is 1. The van der Waals surface area contributed by atoms with Crippen molar-refractivity contribution in [3.05, 3.63) is 0 Å². The van der Waals surface area contributed by atoms with Gasteiger partial charge in [0.25, 0.3) is 0 Å². The van der Waals surface area contributed by atoms with Crippen molar-refractivity contribution in [2.45, 2.75) is 38.9 Å². The first-order valence-corrected chi connectivity index (χ1v) is 4.65. The van der Waals surface area contributed by atoms with Crippen LogP contribution in [0.5, 0.6) is 0 Å². The number of ether oxygens (including phenoxy) is 2. The van der Waals surface area contributed by atoms with Crippen LogP contribution in [0, 0.1) is 5.92 Å². The Hall–Kier alpha value is -0.610. The molecule has 0 amide bonds. The number of aliphatic hydroxyl groups is 1. The molecule has 0 rings (SSSR count). The predicted molar refractivity (Wildman–Crippen MR) is 52.9 cm³/mol. The van der Waals surface area contributed by atoms with Gasteiger partial charge in [-0.1, -0.05) is 6.92 Å². The quantitative estimate of drug-likeness (QED) is 0.678. The molecule has 84 valence electrons. The van der Waals surface area contributed by atoms with Crippen LogP contribution < -0.4 is 0 Å². The van der Waals surface area contributed by atoms with Gasteiger partial charge < -0.3 is 14.6 Å². The molecule has 1 N–H and O–H groups in total. The van der Waals surface area contributed by atoms with Crippen LogP contribution in [0.2, 0.25) is 0 Å². The molecule has 4 nitrogen and oxygen atoms in total. The van der Waals surface area contributed by atoms with Crippen LogP contribution in [-0.4, -0.2) is 37.0 Å². The summed E-state index contributed by atoms with van der Waals surface area (Å²) in [7, 11) is 2.87. The summed E-state index contributed by atoms with van der Waals surface area (Å²) in [6.45, 7) is 5.61. The fourth-order valence-electron chi connectivity index (χ4n) is 1.32. The van der Waals surface area contributed by atoms with Crippen molar-refractivity contribution in [3.8, 4) is 0 Å². The molecule has 0 heterocycles. The van der Waals surface area contributed by atoms with E-state index in [9.17, 15) is 9.90 Å². The summed E-state index contributed by atoms with van der Waals surface area (Å²) in [5.74, 6) is -0.776. The molecule has 2 atom stereocenters. The van der Waals surface area contributed by atoms with Crippen LogP contribution in [0.3, 0.4) is 0 Å². The van der Waals surface area contributed by atoms with Gasteiger partial charge in [0.1, 0.15) is 0 Å². The van der Waals surface area contributed by atoms with E-state index < -0.39 is 12.1 Å². The van der Waals surface area contributed by atoms with Gasteiger partial charge in [-0.2, -0.15) is 0 Å². The Bertz CT molecular complexity index is 189. The van der Waals surface area contributed by atoms with E-state index in [1.54, 1.807) is 14.0 Å². The lowest BCUT2D eigenvalue weighted by Gasteiger charge is -2.28. The average molecular weight is 204 g/mol. The van der Waals surface area contributed by atoms with Crippen LogP contribution in [0.25, 0.3) is 0 Å². The second kappa shape index (κ2) is 5.32. The van der Waals surface area contributed by atoms with Crippen LogP contribution in [0.1, 0.15) is 27.2 Å². The SMILES string of the molecule is COC(=O)C(O)C(C)CC(C)(C)OC. The third-order valence-corrected chi connectivity index (χ3v) is 2.35. The maximum absolute atomic E-state index is 11.0. The number of hydrogen-bond donors (Lipinski definition) is 1. The summed E-state index contributed by atoms with van der Waals surface area (Å²) in [6.07, 6.45) is -0.478. The first-order chi connectivity index (χ1) is 6.34. The van der Waals surface area contributed by atoms with E-state index in [2.05, 4.69) is 4.74 Å². The Balaban J connectivity index is 4.20. The fourth-order valence-corrected chi connectivity index (χ4v) is 1.32. The van der Waals surface area contributed by atoms with E-state index in [-0.39, 0.29) is 11.5 Å². The van der Waals surface area contributed by atoms with Crippen LogP contribution >= 0.6 is 0 Å². The normalized spacial score (nSPS) is 16.1. The van der Waals surface area contributed by atoms with Gasteiger partial charge in [0.2, 0.25) is 0 Å². The Morgan fingerprint density at radius 1 is 1.43 bits per heavy atom. The molecule has 0 aromatic carbocycles. The minimum absolute atomic E-state index is 0.183. The number of hydrogen-bond acceptors (Lipinski definition) is 4. The van der Waals surface area contributed by atoms with Crippen LogP contribution in [0.4, 0.5) is 0 Å². The van der Waals surface area contributed by atoms with E-state index in [0.717, 1.165) is 0 Å². The molecular formula is C10H20O4. The minimum Gasteiger partial charge on any atom is -0.467 e. The van der Waals surface area contributed by atoms with Gasteiger partial charge in [-0.3, -0.25) is 0 Å². The standard InChI is InChI=1S/C10H20O4/c1-7(6-10(2,3)14-5)8(11)9(12)13-4/h7-8,11H,6H2,1-5H3. The maximum atomic E-state index is 11.0. The number of methoxy groups -OCH3 is 2. The second-order valence-corrected chi connectivity index (χ2v) is 4.11. The monoisotopic (exact) mass is 204 g/mol. The van der Waals surface area contributed by atoms with Gasteiger partial charge in [-0.15, -0.1) is 0 Å². The molecule has 0 spiro atoms. The van der Waals surface area contributed by atoms with Crippen molar-refractivity contribution >= 4 is 5.97 Å². The average Bonchev–Trinajstić information content (AvgIpc) is 2.14. The first kappa shape index (κ1) is 13.4. The zero-order valence-electron chi connectivity index (χ0n) is 9.53. The Morgan fingerprint density at radius 3 is 2.29 bits per heavy atom. The van der Waals surface area contributed by atoms with E-state index in [1.165, 1.54) is 7.11 Å². The number of carbonyl (C=O) groups is 1. The Morgan fingerprint density at radius 2 is 1.93 bits per heavy atom. The molecular weight excluding hydrogens is 184 g/mol. The molecule has 0 aromatic heterocycles. The Labute approximate surface area is 85.2 Å². The smallest absolute Gasteiger partial charge is 0.334 e. The van der Waals surface area contributed by atoms with Gasteiger partial charge in [-0.25, -0.2) is 4.79 Å². The lowest BCUT2D eigenvalue weighted by atomic mass is 9.90. The topological polar surface area (TPSA) is 55.8 Å². The number of esters is 1. The van der Waals surface area contributed by atoms with Crippen molar-refractivity contribution in [2.75, 3.05) is 14.2 Å². The van der Waals surface area contributed by atoms with Crippen molar-refractivity contribution in [3.63, 3.8) is 0 Å². The second-order valence-electron chi connectivity index (χ2n) is 4.11. The molecule has 2 unspecified atom stereocenters. The van der Waals surface area contributed by atoms with Crippen LogP contribution in [0.15, 0.2) is 0 Å². The highest BCUT2D eigenvalue weighted by molar-refractivity contribution is 5.74. The zero-order chi connectivity index (χ0) is 11.4. The molecule has 4 heteroatoms. The van der Waals surface area contributed by atoms with Crippen molar-refractivity contribution < 1.29 is 19.4 Å². The molecule has 0 aromatic rings. The van der Waals surface area contributed by atoms with Gasteiger partial charge in [-0.05, 0) is 26.2 Å². The van der Waals surface area contributed by atoms with Crippen molar-refractivity contribution in [2.24, 2.45) is 5.92 Å². The number of carbonyl (C=O) groups excluding carboxylic acids is 1. The molecule has 0 bridgehead atoms. The highest BCUT2D eigenvalue weighted by Crippen LogP contribution is 2.22. The van der Waals surface area contributed by atoms with Gasteiger partial charge in [0, 0.05) is 7.11 Å². The molecule has 0 aliphatic rings. The molecule has 0 saturated carbocycles. The highest BCUT2D eigenvalue weighted by atomic mass is 16.5. The summed E-state index contributed by atoms with van der Waals surface area (Å²) < 4.78 is 9.66. The molecule has 0 fully saturated rings. The molecule has 0 saturated heterocycles. The molecule has 14 heavy (non-hydrogen) atoms. The predicted octanol–water partition coefficient (Wildman–Crippen LogP) is 0.971. The molecule has 0 aliphatic carbocycles. The number of rotatable bonds is 5. The largest absolute Gasteiger partial charge is 0.467 e. The third-order valence-electron chi connectivity index (χ3n) is 2.35. The van der Waals surface area contributed by atoms with E-state index in [4.69, 9.17) is 4.74 Å². The van der Waals surface area contributed by atoms with E-state index in [0.29, 0.717) is 6.42 Å². The summed E-state index contributed by atoms with van der Waals surface area (Å²) in [4.78, 5) is 11.0. The van der Waals surface area contributed by atoms with Crippen molar-refractivity contribution in [1.29, 1.82) is 0 Å². The van der Waals surface area contributed by atoms with Gasteiger partial charge >= 0.3 is 5.97 Å². The summed E-state index contributed by atoms with van der Waals surface area (Å²) in [5.41, 5.74) is -0.339. The Kier molecular flexibility index (Phi) is 5.08. The molecule has 0 aliphatic heterocycles. The van der Waals surface area contributed by atoms with E-state index in [1.807, 2.05) is 13.8 Å².